The Bertz CT molecular complexity index is 174. The first kappa shape index (κ1) is 8.18. The summed E-state index contributed by atoms with van der Waals surface area (Å²) in [6.07, 6.45) is 1.03. The van der Waals surface area contributed by atoms with Crippen LogP contribution in [0.4, 0.5) is 0 Å². The molecule has 0 aromatic carbocycles. The van der Waals surface area contributed by atoms with E-state index in [2.05, 4.69) is 18.1 Å². The normalized spacial score (nSPS) is 16.8. The van der Waals surface area contributed by atoms with Crippen LogP contribution in [-0.4, -0.2) is 24.6 Å². The molecule has 0 amide bonds. The third kappa shape index (κ3) is 2.30. The standard InChI is InChI=1S/C9H15NO/c1-8(2)4-5-10-6-7-11-9(10)3/h1,3-7H2,2H3. The van der Waals surface area contributed by atoms with Gasteiger partial charge in [-0.05, 0) is 19.9 Å². The first-order valence-corrected chi connectivity index (χ1v) is 3.91. The molecule has 2 heteroatoms. The minimum Gasteiger partial charge on any atom is -0.478 e. The van der Waals surface area contributed by atoms with Crippen LogP contribution >= 0.6 is 0 Å². The highest BCUT2D eigenvalue weighted by Crippen LogP contribution is 2.12. The zero-order chi connectivity index (χ0) is 8.27. The van der Waals surface area contributed by atoms with Gasteiger partial charge in [-0.2, -0.15) is 0 Å². The van der Waals surface area contributed by atoms with Crippen molar-refractivity contribution in [1.82, 2.24) is 4.90 Å². The molecule has 0 saturated carbocycles. The van der Waals surface area contributed by atoms with Crippen LogP contribution in [0.25, 0.3) is 0 Å². The van der Waals surface area contributed by atoms with E-state index in [1.165, 1.54) is 5.57 Å². The van der Waals surface area contributed by atoms with Crippen LogP contribution in [0.15, 0.2) is 24.6 Å². The molecule has 0 bridgehead atoms. The smallest absolute Gasteiger partial charge is 0.181 e. The van der Waals surface area contributed by atoms with Crippen LogP contribution in [0.5, 0.6) is 0 Å². The summed E-state index contributed by atoms with van der Waals surface area (Å²) in [7, 11) is 0. The summed E-state index contributed by atoms with van der Waals surface area (Å²) in [6.45, 7) is 12.4. The second-order valence-corrected chi connectivity index (χ2v) is 2.94. The highest BCUT2D eigenvalue weighted by molar-refractivity contribution is 4.94. The topological polar surface area (TPSA) is 12.5 Å². The monoisotopic (exact) mass is 153 g/mol. The lowest BCUT2D eigenvalue weighted by Crippen LogP contribution is -2.19. The van der Waals surface area contributed by atoms with Gasteiger partial charge in [0, 0.05) is 6.54 Å². The van der Waals surface area contributed by atoms with E-state index in [-0.39, 0.29) is 0 Å². The van der Waals surface area contributed by atoms with Crippen LogP contribution in [0.3, 0.4) is 0 Å². The summed E-state index contributed by atoms with van der Waals surface area (Å²) >= 11 is 0. The zero-order valence-electron chi connectivity index (χ0n) is 7.10. The van der Waals surface area contributed by atoms with E-state index in [0.29, 0.717) is 0 Å². The van der Waals surface area contributed by atoms with Gasteiger partial charge in [-0.3, -0.25) is 0 Å². The van der Waals surface area contributed by atoms with Gasteiger partial charge in [0.05, 0.1) is 6.54 Å². The van der Waals surface area contributed by atoms with E-state index in [9.17, 15) is 0 Å². The van der Waals surface area contributed by atoms with Gasteiger partial charge >= 0.3 is 0 Å². The quantitative estimate of drug-likeness (QED) is 0.573. The van der Waals surface area contributed by atoms with Gasteiger partial charge < -0.3 is 9.64 Å². The van der Waals surface area contributed by atoms with Crippen molar-refractivity contribution in [3.05, 3.63) is 24.6 Å². The Kier molecular flexibility index (Phi) is 2.58. The third-order valence-corrected chi connectivity index (χ3v) is 1.79. The number of ether oxygens (including phenoxy) is 1. The van der Waals surface area contributed by atoms with E-state index < -0.39 is 0 Å². The summed E-state index contributed by atoms with van der Waals surface area (Å²) < 4.78 is 5.20. The minimum atomic E-state index is 0.787. The SMILES string of the molecule is C=C(C)CCN1CCOC1=C. The summed E-state index contributed by atoms with van der Waals surface area (Å²) in [5.41, 5.74) is 1.21. The third-order valence-electron chi connectivity index (χ3n) is 1.79. The predicted molar refractivity (Wildman–Crippen MR) is 46.1 cm³/mol. The Morgan fingerprint density at radius 2 is 2.45 bits per heavy atom. The molecule has 1 aliphatic heterocycles. The van der Waals surface area contributed by atoms with Crippen molar-refractivity contribution in [2.75, 3.05) is 19.7 Å². The molecule has 0 aromatic heterocycles. The summed E-state index contributed by atoms with van der Waals surface area (Å²) in [6, 6.07) is 0. The first-order chi connectivity index (χ1) is 5.20. The fourth-order valence-corrected chi connectivity index (χ4v) is 1.05. The number of rotatable bonds is 3. The van der Waals surface area contributed by atoms with Crippen LogP contribution in [-0.2, 0) is 4.74 Å². The second-order valence-electron chi connectivity index (χ2n) is 2.94. The van der Waals surface area contributed by atoms with Gasteiger partial charge in [0.25, 0.3) is 0 Å². The second kappa shape index (κ2) is 3.46. The first-order valence-electron chi connectivity index (χ1n) is 3.91. The minimum absolute atomic E-state index is 0.787. The van der Waals surface area contributed by atoms with Gasteiger partial charge in [0.2, 0.25) is 0 Å². The summed E-state index contributed by atoms with van der Waals surface area (Å²) in [5, 5.41) is 0. The molecule has 1 aliphatic rings. The van der Waals surface area contributed by atoms with Gasteiger partial charge in [0.15, 0.2) is 5.88 Å². The highest BCUT2D eigenvalue weighted by Gasteiger charge is 2.14. The van der Waals surface area contributed by atoms with Crippen LogP contribution in [0.1, 0.15) is 13.3 Å². The molecule has 62 valence electrons. The van der Waals surface area contributed by atoms with Crippen molar-refractivity contribution in [3.8, 4) is 0 Å². The van der Waals surface area contributed by atoms with Crippen molar-refractivity contribution in [2.24, 2.45) is 0 Å². The molecule has 11 heavy (non-hydrogen) atoms. The van der Waals surface area contributed by atoms with Crippen molar-refractivity contribution in [3.63, 3.8) is 0 Å². The predicted octanol–water partition coefficient (Wildman–Crippen LogP) is 1.76. The fraction of sp³-hybridized carbons (Fsp3) is 0.556. The van der Waals surface area contributed by atoms with E-state index in [1.54, 1.807) is 0 Å². The molecule has 1 heterocycles. The van der Waals surface area contributed by atoms with Gasteiger partial charge in [-0.25, -0.2) is 0 Å². The molecule has 1 fully saturated rings. The molecule has 0 spiro atoms. The summed E-state index contributed by atoms with van der Waals surface area (Å²) in [4.78, 5) is 2.15. The Morgan fingerprint density at radius 1 is 1.73 bits per heavy atom. The lowest BCUT2D eigenvalue weighted by molar-refractivity contribution is 0.237. The van der Waals surface area contributed by atoms with Gasteiger partial charge in [-0.1, -0.05) is 5.57 Å². The molecular weight excluding hydrogens is 138 g/mol. The van der Waals surface area contributed by atoms with Crippen molar-refractivity contribution in [1.29, 1.82) is 0 Å². The molecule has 2 nitrogen and oxygen atoms in total. The molecule has 0 atom stereocenters. The maximum absolute atomic E-state index is 5.20. The lowest BCUT2D eigenvalue weighted by Gasteiger charge is -2.15. The number of hydrogen-bond donors (Lipinski definition) is 0. The fourth-order valence-electron chi connectivity index (χ4n) is 1.05. The zero-order valence-corrected chi connectivity index (χ0v) is 7.10. The van der Waals surface area contributed by atoms with E-state index in [1.807, 2.05) is 6.92 Å². The van der Waals surface area contributed by atoms with E-state index >= 15 is 0 Å². The Labute approximate surface area is 68.1 Å². The van der Waals surface area contributed by atoms with Crippen molar-refractivity contribution < 1.29 is 4.74 Å². The Morgan fingerprint density at radius 3 is 2.91 bits per heavy atom. The van der Waals surface area contributed by atoms with Crippen molar-refractivity contribution >= 4 is 0 Å². The maximum atomic E-state index is 5.20. The molecule has 0 aromatic rings. The molecular formula is C9H15NO. The molecule has 0 unspecified atom stereocenters. The summed E-state index contributed by atoms with van der Waals surface area (Å²) in [5.74, 6) is 0.811. The largest absolute Gasteiger partial charge is 0.478 e. The van der Waals surface area contributed by atoms with Gasteiger partial charge in [0.1, 0.15) is 6.61 Å². The molecule has 0 radical (unpaired) electrons. The van der Waals surface area contributed by atoms with Crippen molar-refractivity contribution in [2.45, 2.75) is 13.3 Å². The Balaban J connectivity index is 2.26. The molecule has 1 rings (SSSR count). The van der Waals surface area contributed by atoms with E-state index in [0.717, 1.165) is 32.0 Å². The molecule has 0 N–H and O–H groups in total. The Hall–Kier alpha value is -0.920. The van der Waals surface area contributed by atoms with Crippen LogP contribution < -0.4 is 0 Å². The van der Waals surface area contributed by atoms with Gasteiger partial charge in [-0.15, -0.1) is 6.58 Å². The van der Waals surface area contributed by atoms with Crippen LogP contribution in [0, 0.1) is 0 Å². The number of hydrogen-bond acceptors (Lipinski definition) is 2. The highest BCUT2D eigenvalue weighted by atomic mass is 16.5. The molecule has 1 saturated heterocycles. The lowest BCUT2D eigenvalue weighted by atomic mass is 10.2. The maximum Gasteiger partial charge on any atom is 0.181 e. The molecule has 0 aliphatic carbocycles. The van der Waals surface area contributed by atoms with Crippen LogP contribution in [0.2, 0.25) is 0 Å². The average molecular weight is 153 g/mol. The average Bonchev–Trinajstić information content (AvgIpc) is 2.31. The number of nitrogens with zero attached hydrogens (tertiary/aromatic N) is 1. The van der Waals surface area contributed by atoms with E-state index in [4.69, 9.17) is 4.74 Å².